The van der Waals surface area contributed by atoms with E-state index in [1.807, 2.05) is 23.6 Å². The van der Waals surface area contributed by atoms with Gasteiger partial charge in [0.1, 0.15) is 22.8 Å². The fraction of sp³-hybridized carbons (Fsp3) is 0.375. The zero-order chi connectivity index (χ0) is 33.1. The van der Waals surface area contributed by atoms with Crippen molar-refractivity contribution in [1.82, 2.24) is 19.8 Å². The standard InChI is InChI=1S/2C16H18FN3O3/c2*1-2-19-9-11(16(22)23)15(21)10-7-12(17)14(8-13(10)19)20-5-3-18-4-6-20/h2*7-9,18H,2-6H2,1H3,(H,22,23). The number of fused-ring (bicyclic) bond motifs is 2. The van der Waals surface area contributed by atoms with E-state index in [-0.39, 0.29) is 21.9 Å². The summed E-state index contributed by atoms with van der Waals surface area (Å²) in [4.78, 5) is 50.9. The van der Waals surface area contributed by atoms with Gasteiger partial charge < -0.3 is 39.8 Å². The predicted octanol–water partition coefficient (Wildman–Crippen LogP) is 2.54. The molecule has 12 nitrogen and oxygen atoms in total. The minimum Gasteiger partial charge on any atom is -0.477 e. The first-order chi connectivity index (χ1) is 22.0. The molecule has 2 saturated heterocycles. The highest BCUT2D eigenvalue weighted by atomic mass is 19.1. The van der Waals surface area contributed by atoms with E-state index in [4.69, 9.17) is 10.2 Å². The number of aryl methyl sites for hydroxylation is 2. The Labute approximate surface area is 262 Å². The second-order valence-corrected chi connectivity index (χ2v) is 11.0. The number of carbonyl (C=O) groups is 2. The molecule has 0 saturated carbocycles. The van der Waals surface area contributed by atoms with Gasteiger partial charge in [0.25, 0.3) is 0 Å². The van der Waals surface area contributed by atoms with E-state index >= 15 is 0 Å². The first-order valence-electron chi connectivity index (χ1n) is 15.2. The van der Waals surface area contributed by atoms with Crippen LogP contribution in [0.5, 0.6) is 0 Å². The van der Waals surface area contributed by atoms with Crippen molar-refractivity contribution in [3.05, 3.63) is 79.9 Å². The molecule has 14 heteroatoms. The molecule has 0 bridgehead atoms. The molecule has 0 radical (unpaired) electrons. The van der Waals surface area contributed by atoms with Gasteiger partial charge in [0.2, 0.25) is 10.9 Å². The van der Waals surface area contributed by atoms with Crippen LogP contribution >= 0.6 is 0 Å². The molecule has 2 aromatic carbocycles. The molecule has 2 fully saturated rings. The average molecular weight is 639 g/mol. The maximum Gasteiger partial charge on any atom is 0.341 e. The molecule has 4 N–H and O–H groups in total. The maximum absolute atomic E-state index is 14.5. The molecule has 0 atom stereocenters. The van der Waals surface area contributed by atoms with Gasteiger partial charge in [0.15, 0.2) is 0 Å². The Bertz CT molecular complexity index is 1790. The van der Waals surface area contributed by atoms with Gasteiger partial charge in [-0.2, -0.15) is 0 Å². The highest BCUT2D eigenvalue weighted by molar-refractivity contribution is 5.94. The molecule has 2 aliphatic heterocycles. The van der Waals surface area contributed by atoms with Crippen molar-refractivity contribution < 1.29 is 28.6 Å². The monoisotopic (exact) mass is 638 g/mol. The van der Waals surface area contributed by atoms with Gasteiger partial charge in [0, 0.05) is 88.6 Å². The van der Waals surface area contributed by atoms with E-state index in [2.05, 4.69) is 10.6 Å². The van der Waals surface area contributed by atoms with Crippen molar-refractivity contribution in [2.24, 2.45) is 0 Å². The maximum atomic E-state index is 14.5. The molecule has 46 heavy (non-hydrogen) atoms. The number of benzene rings is 2. The number of rotatable bonds is 6. The molecule has 0 spiro atoms. The van der Waals surface area contributed by atoms with E-state index < -0.39 is 34.4 Å². The number of piperazine rings is 2. The number of nitrogens with one attached hydrogen (secondary N) is 2. The quantitative estimate of drug-likeness (QED) is 0.248. The van der Waals surface area contributed by atoms with E-state index in [0.29, 0.717) is 61.7 Å². The molecule has 0 unspecified atom stereocenters. The zero-order valence-electron chi connectivity index (χ0n) is 25.6. The first kappa shape index (κ1) is 32.6. The summed E-state index contributed by atoms with van der Waals surface area (Å²) in [6, 6.07) is 5.61. The van der Waals surface area contributed by atoms with Crippen LogP contribution in [-0.4, -0.2) is 83.6 Å². The number of nitrogens with zero attached hydrogens (tertiary/aromatic N) is 4. The predicted molar refractivity (Wildman–Crippen MR) is 172 cm³/mol. The van der Waals surface area contributed by atoms with Gasteiger partial charge in [0.05, 0.1) is 22.4 Å². The third-order valence-corrected chi connectivity index (χ3v) is 8.36. The number of halogens is 2. The van der Waals surface area contributed by atoms with Crippen LogP contribution in [0.1, 0.15) is 34.6 Å². The lowest BCUT2D eigenvalue weighted by atomic mass is 10.1. The largest absolute Gasteiger partial charge is 0.477 e. The average Bonchev–Trinajstić information content (AvgIpc) is 3.06. The smallest absolute Gasteiger partial charge is 0.341 e. The highest BCUT2D eigenvalue weighted by Gasteiger charge is 2.21. The minimum absolute atomic E-state index is 0.100. The summed E-state index contributed by atoms with van der Waals surface area (Å²) in [5, 5.41) is 24.9. The van der Waals surface area contributed by atoms with Crippen LogP contribution in [0.2, 0.25) is 0 Å². The summed E-state index contributed by atoms with van der Waals surface area (Å²) in [7, 11) is 0. The number of anilines is 2. The van der Waals surface area contributed by atoms with Crippen molar-refractivity contribution in [3.63, 3.8) is 0 Å². The van der Waals surface area contributed by atoms with Crippen LogP contribution in [0.4, 0.5) is 20.2 Å². The first-order valence-corrected chi connectivity index (χ1v) is 15.2. The van der Waals surface area contributed by atoms with Gasteiger partial charge in [-0.3, -0.25) is 9.59 Å². The number of pyridine rings is 2. The second-order valence-electron chi connectivity index (χ2n) is 11.0. The summed E-state index contributed by atoms with van der Waals surface area (Å²) in [6.45, 7) is 10.5. The molecular weight excluding hydrogens is 602 g/mol. The summed E-state index contributed by atoms with van der Waals surface area (Å²) in [5.41, 5.74) is 0.0236. The zero-order valence-corrected chi connectivity index (χ0v) is 25.6. The number of carboxylic acid groups (broad SMARTS) is 2. The van der Waals surface area contributed by atoms with Crippen LogP contribution in [0, 0.1) is 11.6 Å². The molecular formula is C32H36F2N6O6. The van der Waals surface area contributed by atoms with Crippen LogP contribution in [0.25, 0.3) is 21.8 Å². The van der Waals surface area contributed by atoms with Gasteiger partial charge in [-0.15, -0.1) is 0 Å². The molecule has 0 aliphatic carbocycles. The molecule has 2 aliphatic rings. The molecule has 4 aromatic rings. The Morgan fingerprint density at radius 1 is 0.674 bits per heavy atom. The van der Waals surface area contributed by atoms with Crippen LogP contribution in [0.15, 0.2) is 46.2 Å². The van der Waals surface area contributed by atoms with Crippen molar-refractivity contribution >= 4 is 45.1 Å². The Balaban J connectivity index is 0.000000181. The third-order valence-electron chi connectivity index (χ3n) is 8.36. The second kappa shape index (κ2) is 13.7. The number of carboxylic acids is 2. The molecule has 4 heterocycles. The van der Waals surface area contributed by atoms with Gasteiger partial charge in [-0.25, -0.2) is 18.4 Å². The SMILES string of the molecule is CCn1cc(C(=O)O)c(=O)c2cc(F)c(N3CCNCC3)cc21.CCn1cc(C(=O)O)c(=O)c2cc(F)c(N3CCNCC3)cc21. The topological polar surface area (TPSA) is 149 Å². The van der Waals surface area contributed by atoms with E-state index in [9.17, 15) is 28.0 Å². The van der Waals surface area contributed by atoms with Crippen molar-refractivity contribution in [2.45, 2.75) is 26.9 Å². The Morgan fingerprint density at radius 2 is 1.02 bits per heavy atom. The lowest BCUT2D eigenvalue weighted by molar-refractivity contribution is 0.0684. The summed E-state index contributed by atoms with van der Waals surface area (Å²) < 4.78 is 32.3. The number of aromatic nitrogens is 2. The van der Waals surface area contributed by atoms with Crippen LogP contribution in [-0.2, 0) is 13.1 Å². The molecule has 244 valence electrons. The van der Waals surface area contributed by atoms with E-state index in [0.717, 1.165) is 38.3 Å². The van der Waals surface area contributed by atoms with Gasteiger partial charge in [-0.1, -0.05) is 0 Å². The molecule has 6 rings (SSSR count). The highest BCUT2D eigenvalue weighted by Crippen LogP contribution is 2.27. The van der Waals surface area contributed by atoms with Gasteiger partial charge in [-0.05, 0) is 38.1 Å². The van der Waals surface area contributed by atoms with Crippen LogP contribution < -0.4 is 31.3 Å². The molecule has 0 amide bonds. The van der Waals surface area contributed by atoms with E-state index in [1.165, 1.54) is 12.4 Å². The Kier molecular flexibility index (Phi) is 9.68. The third kappa shape index (κ3) is 6.30. The lowest BCUT2D eigenvalue weighted by Crippen LogP contribution is -2.43. The van der Waals surface area contributed by atoms with E-state index in [1.54, 1.807) is 21.3 Å². The summed E-state index contributed by atoms with van der Waals surface area (Å²) >= 11 is 0. The summed E-state index contributed by atoms with van der Waals surface area (Å²) in [6.07, 6.45) is 2.65. The number of hydrogen-bond acceptors (Lipinski definition) is 8. The van der Waals surface area contributed by atoms with Crippen molar-refractivity contribution in [2.75, 3.05) is 62.2 Å². The number of hydrogen-bond donors (Lipinski definition) is 4. The van der Waals surface area contributed by atoms with Gasteiger partial charge >= 0.3 is 11.9 Å². The Hall–Kier alpha value is -4.82. The molecule has 2 aromatic heterocycles. The van der Waals surface area contributed by atoms with Crippen molar-refractivity contribution in [1.29, 1.82) is 0 Å². The number of aromatic carboxylic acids is 2. The Morgan fingerprint density at radius 3 is 1.33 bits per heavy atom. The lowest BCUT2D eigenvalue weighted by Gasteiger charge is -2.30. The minimum atomic E-state index is -1.30. The fourth-order valence-electron chi connectivity index (χ4n) is 5.92. The normalized spacial score (nSPS) is 15.1. The fourth-order valence-corrected chi connectivity index (χ4v) is 5.92. The van der Waals surface area contributed by atoms with Crippen molar-refractivity contribution in [3.8, 4) is 0 Å². The van der Waals surface area contributed by atoms with Crippen LogP contribution in [0.3, 0.4) is 0 Å². The summed E-state index contributed by atoms with van der Waals surface area (Å²) in [5.74, 6) is -3.60.